The zero-order valence-electron chi connectivity index (χ0n) is 19.5. The minimum atomic E-state index is -3.73. The van der Waals surface area contributed by atoms with Crippen LogP contribution in [0.25, 0.3) is 0 Å². The first-order chi connectivity index (χ1) is 15.6. The van der Waals surface area contributed by atoms with Crippen LogP contribution in [0.5, 0.6) is 0 Å². The summed E-state index contributed by atoms with van der Waals surface area (Å²) in [6.07, 6.45) is 0. The van der Waals surface area contributed by atoms with Crippen molar-refractivity contribution in [1.29, 1.82) is 0 Å². The van der Waals surface area contributed by atoms with Crippen molar-refractivity contribution in [1.82, 2.24) is 9.21 Å². The fourth-order valence-corrected chi connectivity index (χ4v) is 4.51. The standard InChI is InChI=1S/C22H29N3O7S/c1-15-18(22(27)30-5)12-16(32-15)14-24(4)21(26)19-13-17(33(28,29)23(2)3)6-7-20(19)25-8-10-31-11-9-25/h6-7,12-13H,8-11,14H2,1-5H3. The minimum absolute atomic E-state index is 0.0306. The summed E-state index contributed by atoms with van der Waals surface area (Å²) in [5.41, 5.74) is 1.19. The minimum Gasteiger partial charge on any atom is -0.465 e. The van der Waals surface area contributed by atoms with Crippen molar-refractivity contribution in [3.8, 4) is 0 Å². The van der Waals surface area contributed by atoms with Crippen LogP contribution >= 0.6 is 0 Å². The quantitative estimate of drug-likeness (QED) is 0.553. The third kappa shape index (κ3) is 5.21. The van der Waals surface area contributed by atoms with Gasteiger partial charge in [-0.15, -0.1) is 0 Å². The molecule has 0 N–H and O–H groups in total. The third-order valence-corrected chi connectivity index (χ3v) is 7.25. The first kappa shape index (κ1) is 24.7. The molecule has 1 aliphatic rings. The van der Waals surface area contributed by atoms with E-state index in [1.807, 2.05) is 4.90 Å². The van der Waals surface area contributed by atoms with Crippen LogP contribution in [0.3, 0.4) is 0 Å². The number of sulfonamides is 1. The summed E-state index contributed by atoms with van der Waals surface area (Å²) in [7, 11) is 2.03. The van der Waals surface area contributed by atoms with Gasteiger partial charge in [-0.25, -0.2) is 17.5 Å². The molecule has 1 fully saturated rings. The Balaban J connectivity index is 1.96. The molecule has 1 aromatic heterocycles. The highest BCUT2D eigenvalue weighted by Gasteiger charge is 2.26. The fraction of sp³-hybridized carbons (Fsp3) is 0.455. The smallest absolute Gasteiger partial charge is 0.341 e. The lowest BCUT2D eigenvalue weighted by Gasteiger charge is -2.31. The average molecular weight is 480 g/mol. The van der Waals surface area contributed by atoms with Gasteiger partial charge in [-0.1, -0.05) is 0 Å². The number of carbonyl (C=O) groups is 2. The number of esters is 1. The maximum atomic E-state index is 13.5. The van der Waals surface area contributed by atoms with Gasteiger partial charge in [0.1, 0.15) is 17.1 Å². The topological polar surface area (TPSA) is 110 Å². The highest BCUT2D eigenvalue weighted by Crippen LogP contribution is 2.28. The van der Waals surface area contributed by atoms with E-state index in [1.165, 1.54) is 38.2 Å². The predicted molar refractivity (Wildman–Crippen MR) is 121 cm³/mol. The zero-order chi connectivity index (χ0) is 24.3. The Morgan fingerprint density at radius 1 is 1.09 bits per heavy atom. The van der Waals surface area contributed by atoms with E-state index in [2.05, 4.69) is 0 Å². The molecule has 0 spiro atoms. The number of amides is 1. The number of carbonyl (C=O) groups excluding carboxylic acids is 2. The molecule has 3 rings (SSSR count). The Kier molecular flexibility index (Phi) is 7.45. The SMILES string of the molecule is COC(=O)c1cc(CN(C)C(=O)c2cc(S(=O)(=O)N(C)C)ccc2N2CCOCC2)oc1C. The summed E-state index contributed by atoms with van der Waals surface area (Å²) in [5, 5.41) is 0. The Morgan fingerprint density at radius 3 is 2.36 bits per heavy atom. The van der Waals surface area contributed by atoms with Crippen molar-refractivity contribution in [2.45, 2.75) is 18.4 Å². The lowest BCUT2D eigenvalue weighted by Crippen LogP contribution is -2.38. The molecule has 0 atom stereocenters. The molecule has 0 saturated carbocycles. The van der Waals surface area contributed by atoms with E-state index in [0.717, 1.165) is 4.31 Å². The number of hydrogen-bond acceptors (Lipinski definition) is 8. The summed E-state index contributed by atoms with van der Waals surface area (Å²) < 4.78 is 42.3. The Morgan fingerprint density at radius 2 is 1.76 bits per heavy atom. The Hall–Kier alpha value is -2.89. The zero-order valence-corrected chi connectivity index (χ0v) is 20.3. The summed E-state index contributed by atoms with van der Waals surface area (Å²) in [6.45, 7) is 3.94. The number of nitrogens with zero attached hydrogens (tertiary/aromatic N) is 3. The van der Waals surface area contributed by atoms with Gasteiger partial charge < -0.3 is 23.7 Å². The normalized spacial score (nSPS) is 14.4. The number of hydrogen-bond donors (Lipinski definition) is 0. The number of benzene rings is 1. The van der Waals surface area contributed by atoms with Crippen molar-refractivity contribution < 1.29 is 31.9 Å². The molecule has 1 aromatic carbocycles. The van der Waals surface area contributed by atoms with E-state index in [-0.39, 0.29) is 22.9 Å². The van der Waals surface area contributed by atoms with Crippen molar-refractivity contribution >= 4 is 27.6 Å². The van der Waals surface area contributed by atoms with Crippen LogP contribution in [-0.4, -0.2) is 84.1 Å². The van der Waals surface area contributed by atoms with Crippen LogP contribution in [0.15, 0.2) is 33.6 Å². The second-order valence-corrected chi connectivity index (χ2v) is 10.1. The largest absolute Gasteiger partial charge is 0.465 e. The van der Waals surface area contributed by atoms with E-state index >= 15 is 0 Å². The van der Waals surface area contributed by atoms with Gasteiger partial charge in [0.2, 0.25) is 10.0 Å². The Bertz CT molecular complexity index is 1130. The van der Waals surface area contributed by atoms with Crippen LogP contribution in [0.4, 0.5) is 5.69 Å². The monoisotopic (exact) mass is 479 g/mol. The van der Waals surface area contributed by atoms with Crippen LogP contribution in [0, 0.1) is 6.92 Å². The fourth-order valence-electron chi connectivity index (χ4n) is 3.58. The maximum Gasteiger partial charge on any atom is 0.341 e. The first-order valence-corrected chi connectivity index (χ1v) is 11.8. The highest BCUT2D eigenvalue weighted by molar-refractivity contribution is 7.89. The third-order valence-electron chi connectivity index (χ3n) is 5.44. The molecule has 11 heteroatoms. The van der Waals surface area contributed by atoms with Gasteiger partial charge in [-0.05, 0) is 31.2 Å². The molecular weight excluding hydrogens is 450 g/mol. The number of rotatable bonds is 7. The van der Waals surface area contributed by atoms with Crippen LogP contribution in [-0.2, 0) is 26.0 Å². The van der Waals surface area contributed by atoms with Gasteiger partial charge in [0.15, 0.2) is 0 Å². The molecule has 1 saturated heterocycles. The molecule has 1 amide bonds. The summed E-state index contributed by atoms with van der Waals surface area (Å²) in [5.74, 6) is -0.0897. The first-order valence-electron chi connectivity index (χ1n) is 10.4. The van der Waals surface area contributed by atoms with Gasteiger partial charge in [-0.2, -0.15) is 0 Å². The molecule has 0 bridgehead atoms. The summed E-state index contributed by atoms with van der Waals surface area (Å²) >= 11 is 0. The molecule has 1 aliphatic heterocycles. The van der Waals surface area contributed by atoms with Crippen LogP contribution in [0.2, 0.25) is 0 Å². The second kappa shape index (κ2) is 9.94. The summed E-state index contributed by atoms with van der Waals surface area (Å²) in [6, 6.07) is 6.12. The number of anilines is 1. The van der Waals surface area contributed by atoms with E-state index in [0.29, 0.717) is 49.1 Å². The van der Waals surface area contributed by atoms with Crippen molar-refractivity contribution in [3.63, 3.8) is 0 Å². The average Bonchev–Trinajstić information content (AvgIpc) is 3.17. The van der Waals surface area contributed by atoms with E-state index < -0.39 is 16.0 Å². The highest BCUT2D eigenvalue weighted by atomic mass is 32.2. The lowest BCUT2D eigenvalue weighted by molar-refractivity contribution is 0.0598. The number of methoxy groups -OCH3 is 1. The molecule has 0 aliphatic carbocycles. The molecule has 180 valence electrons. The van der Waals surface area contributed by atoms with Gasteiger partial charge in [-0.3, -0.25) is 4.79 Å². The van der Waals surface area contributed by atoms with Crippen LogP contribution < -0.4 is 4.90 Å². The van der Waals surface area contributed by atoms with Gasteiger partial charge in [0.25, 0.3) is 5.91 Å². The van der Waals surface area contributed by atoms with Crippen molar-refractivity contribution in [3.05, 3.63) is 46.9 Å². The van der Waals surface area contributed by atoms with Crippen molar-refractivity contribution in [2.24, 2.45) is 0 Å². The van der Waals surface area contributed by atoms with E-state index in [1.54, 1.807) is 26.1 Å². The number of furan rings is 1. The Labute approximate surface area is 193 Å². The van der Waals surface area contributed by atoms with E-state index in [4.69, 9.17) is 13.9 Å². The number of aryl methyl sites for hydroxylation is 1. The van der Waals surface area contributed by atoms with Gasteiger partial charge in [0.05, 0.1) is 37.3 Å². The number of ether oxygens (including phenoxy) is 2. The molecule has 2 heterocycles. The molecule has 2 aromatic rings. The molecule has 0 radical (unpaired) electrons. The summed E-state index contributed by atoms with van der Waals surface area (Å²) in [4.78, 5) is 28.8. The predicted octanol–water partition coefficient (Wildman–Crippen LogP) is 1.73. The molecule has 33 heavy (non-hydrogen) atoms. The molecular formula is C22H29N3O7S. The van der Waals surface area contributed by atoms with E-state index in [9.17, 15) is 18.0 Å². The van der Waals surface area contributed by atoms with Crippen molar-refractivity contribution in [2.75, 3.05) is 59.5 Å². The maximum absolute atomic E-state index is 13.5. The molecule has 10 nitrogen and oxygen atoms in total. The van der Waals surface area contributed by atoms with Gasteiger partial charge >= 0.3 is 5.97 Å². The number of morpholine rings is 1. The van der Waals surface area contributed by atoms with Crippen LogP contribution in [0.1, 0.15) is 32.2 Å². The lowest BCUT2D eigenvalue weighted by atomic mass is 10.1. The molecule has 0 unspecified atom stereocenters. The van der Waals surface area contributed by atoms with Gasteiger partial charge in [0, 0.05) is 39.9 Å². The second-order valence-electron chi connectivity index (χ2n) is 7.90.